The third-order valence-electron chi connectivity index (χ3n) is 3.71. The van der Waals surface area contributed by atoms with Crippen molar-refractivity contribution in [2.45, 2.75) is 12.8 Å². The van der Waals surface area contributed by atoms with Gasteiger partial charge in [0.25, 0.3) is 0 Å². The number of carbonyl (C=O) groups excluding carboxylic acids is 1. The lowest BCUT2D eigenvalue weighted by Gasteiger charge is -2.31. The number of fused-ring (bicyclic) bond motifs is 1. The summed E-state index contributed by atoms with van der Waals surface area (Å²) < 4.78 is 0. The van der Waals surface area contributed by atoms with Crippen LogP contribution in [-0.2, 0) is 4.79 Å². The molecule has 1 aliphatic heterocycles. The van der Waals surface area contributed by atoms with Gasteiger partial charge in [0.2, 0.25) is 11.9 Å². The van der Waals surface area contributed by atoms with Crippen molar-refractivity contribution in [1.82, 2.24) is 20.2 Å². The minimum absolute atomic E-state index is 0.0308. The van der Waals surface area contributed by atoms with Crippen LogP contribution in [-0.4, -0.2) is 46.2 Å². The Labute approximate surface area is 115 Å². The van der Waals surface area contributed by atoms with Gasteiger partial charge in [-0.2, -0.15) is 15.1 Å². The van der Waals surface area contributed by atoms with Gasteiger partial charge in [-0.05, 0) is 12.8 Å². The summed E-state index contributed by atoms with van der Waals surface area (Å²) in [7, 11) is 1.78. The lowest BCUT2D eigenvalue weighted by atomic mass is 9.96. The summed E-state index contributed by atoms with van der Waals surface area (Å²) in [4.78, 5) is 22.2. The first-order valence-electron chi connectivity index (χ1n) is 6.62. The summed E-state index contributed by atoms with van der Waals surface area (Å²) in [6, 6.07) is 0. The zero-order chi connectivity index (χ0) is 14.1. The van der Waals surface area contributed by atoms with E-state index in [0.29, 0.717) is 11.6 Å². The molecular formula is C12H17N7O. The number of anilines is 2. The third kappa shape index (κ3) is 2.13. The van der Waals surface area contributed by atoms with E-state index in [1.807, 2.05) is 0 Å². The maximum atomic E-state index is 11.2. The van der Waals surface area contributed by atoms with E-state index in [2.05, 4.69) is 30.4 Å². The van der Waals surface area contributed by atoms with Crippen LogP contribution in [0.5, 0.6) is 0 Å². The molecule has 3 rings (SSSR count). The van der Waals surface area contributed by atoms with Gasteiger partial charge in [-0.15, -0.1) is 0 Å². The maximum Gasteiger partial charge on any atom is 0.226 e. The number of nitrogens with zero attached hydrogens (tertiary/aromatic N) is 4. The molecule has 0 saturated carbocycles. The van der Waals surface area contributed by atoms with Gasteiger partial charge >= 0.3 is 0 Å². The Morgan fingerprint density at radius 2 is 2.20 bits per heavy atom. The number of aromatic amines is 1. The van der Waals surface area contributed by atoms with E-state index >= 15 is 0 Å². The smallest absolute Gasteiger partial charge is 0.226 e. The number of aromatic nitrogens is 4. The Kier molecular flexibility index (Phi) is 3.13. The number of hydrogen-bond acceptors (Lipinski definition) is 6. The monoisotopic (exact) mass is 275 g/mol. The van der Waals surface area contributed by atoms with Crippen molar-refractivity contribution in [3.8, 4) is 0 Å². The SMILES string of the molecule is CNc1nc(N2CCC(C(N)=O)CC2)c2cn[nH]c2n1. The molecule has 1 saturated heterocycles. The summed E-state index contributed by atoms with van der Waals surface area (Å²) in [6.07, 6.45) is 3.24. The number of H-pyrrole nitrogens is 1. The van der Waals surface area contributed by atoms with E-state index in [1.165, 1.54) is 0 Å². The standard InChI is InChI=1S/C12H17N7O/c1-14-12-16-10-8(6-15-18-10)11(17-12)19-4-2-7(3-5-19)9(13)20/h6-7H,2-5H2,1H3,(H2,13,20)(H2,14,15,16,17,18). The fourth-order valence-electron chi connectivity index (χ4n) is 2.55. The van der Waals surface area contributed by atoms with E-state index < -0.39 is 0 Å². The number of piperidine rings is 1. The third-order valence-corrected chi connectivity index (χ3v) is 3.71. The first-order chi connectivity index (χ1) is 9.69. The van der Waals surface area contributed by atoms with Crippen LogP contribution in [0.2, 0.25) is 0 Å². The maximum absolute atomic E-state index is 11.2. The molecule has 8 nitrogen and oxygen atoms in total. The van der Waals surface area contributed by atoms with Crippen molar-refractivity contribution in [1.29, 1.82) is 0 Å². The molecule has 1 amide bonds. The molecule has 0 radical (unpaired) electrons. The van der Waals surface area contributed by atoms with Crippen molar-refractivity contribution in [2.24, 2.45) is 11.7 Å². The predicted octanol–water partition coefficient (Wildman–Crippen LogP) is 0.0963. The fraction of sp³-hybridized carbons (Fsp3) is 0.500. The van der Waals surface area contributed by atoms with E-state index in [-0.39, 0.29) is 11.8 Å². The minimum Gasteiger partial charge on any atom is -0.369 e. The first-order valence-corrected chi connectivity index (χ1v) is 6.62. The van der Waals surface area contributed by atoms with Crippen molar-refractivity contribution in [3.05, 3.63) is 6.20 Å². The molecule has 2 aromatic rings. The lowest BCUT2D eigenvalue weighted by molar-refractivity contribution is -0.122. The zero-order valence-corrected chi connectivity index (χ0v) is 11.3. The van der Waals surface area contributed by atoms with E-state index in [1.54, 1.807) is 13.2 Å². The topological polar surface area (TPSA) is 113 Å². The second kappa shape index (κ2) is 4.95. The van der Waals surface area contributed by atoms with Gasteiger partial charge in [0.05, 0.1) is 11.6 Å². The molecule has 8 heteroatoms. The Morgan fingerprint density at radius 1 is 1.45 bits per heavy atom. The molecular weight excluding hydrogens is 258 g/mol. The molecule has 2 aromatic heterocycles. The van der Waals surface area contributed by atoms with E-state index in [4.69, 9.17) is 5.73 Å². The van der Waals surface area contributed by atoms with Gasteiger partial charge in [0, 0.05) is 26.1 Å². The highest BCUT2D eigenvalue weighted by Gasteiger charge is 2.25. The van der Waals surface area contributed by atoms with Crippen LogP contribution in [0.15, 0.2) is 6.20 Å². The van der Waals surface area contributed by atoms with E-state index in [0.717, 1.165) is 37.1 Å². The van der Waals surface area contributed by atoms with Crippen molar-refractivity contribution >= 4 is 28.7 Å². The van der Waals surface area contributed by atoms with Gasteiger partial charge < -0.3 is 16.0 Å². The molecule has 1 fully saturated rings. The van der Waals surface area contributed by atoms with Crippen LogP contribution in [0.3, 0.4) is 0 Å². The highest BCUT2D eigenvalue weighted by atomic mass is 16.1. The van der Waals surface area contributed by atoms with Crippen molar-refractivity contribution < 1.29 is 4.79 Å². The number of rotatable bonds is 3. The van der Waals surface area contributed by atoms with Crippen LogP contribution in [0, 0.1) is 5.92 Å². The number of nitrogens with one attached hydrogen (secondary N) is 2. The molecule has 0 bridgehead atoms. The highest BCUT2D eigenvalue weighted by molar-refractivity contribution is 5.87. The number of hydrogen-bond donors (Lipinski definition) is 3. The average molecular weight is 275 g/mol. The summed E-state index contributed by atoms with van der Waals surface area (Å²) in [5, 5.41) is 10.7. The summed E-state index contributed by atoms with van der Waals surface area (Å²) in [5.74, 6) is 1.15. The number of amides is 1. The molecule has 1 aliphatic rings. The Hall–Kier alpha value is -2.38. The molecule has 20 heavy (non-hydrogen) atoms. The molecule has 0 aromatic carbocycles. The second-order valence-electron chi connectivity index (χ2n) is 4.92. The van der Waals surface area contributed by atoms with Crippen LogP contribution >= 0.6 is 0 Å². The highest BCUT2D eigenvalue weighted by Crippen LogP contribution is 2.27. The normalized spacial score (nSPS) is 16.6. The Balaban J connectivity index is 1.90. The van der Waals surface area contributed by atoms with Crippen molar-refractivity contribution in [3.63, 3.8) is 0 Å². The van der Waals surface area contributed by atoms with Crippen LogP contribution in [0.4, 0.5) is 11.8 Å². The number of nitrogens with two attached hydrogens (primary N) is 1. The molecule has 0 atom stereocenters. The van der Waals surface area contributed by atoms with Crippen molar-refractivity contribution in [2.75, 3.05) is 30.4 Å². The van der Waals surface area contributed by atoms with Gasteiger partial charge in [-0.25, -0.2) is 0 Å². The predicted molar refractivity (Wildman–Crippen MR) is 75.4 cm³/mol. The van der Waals surface area contributed by atoms with E-state index in [9.17, 15) is 4.79 Å². The number of carbonyl (C=O) groups is 1. The lowest BCUT2D eigenvalue weighted by Crippen LogP contribution is -2.39. The molecule has 0 unspecified atom stereocenters. The Morgan fingerprint density at radius 3 is 2.85 bits per heavy atom. The molecule has 3 heterocycles. The van der Waals surface area contributed by atoms with Crippen LogP contribution in [0.1, 0.15) is 12.8 Å². The molecule has 0 spiro atoms. The quantitative estimate of drug-likeness (QED) is 0.732. The average Bonchev–Trinajstić information content (AvgIpc) is 2.94. The summed E-state index contributed by atoms with van der Waals surface area (Å²) >= 11 is 0. The summed E-state index contributed by atoms with van der Waals surface area (Å²) in [6.45, 7) is 1.52. The van der Waals surface area contributed by atoms with Crippen LogP contribution in [0.25, 0.3) is 11.0 Å². The van der Waals surface area contributed by atoms with Gasteiger partial charge in [0.1, 0.15) is 5.82 Å². The molecule has 0 aliphatic carbocycles. The van der Waals surface area contributed by atoms with Gasteiger partial charge in [-0.1, -0.05) is 0 Å². The second-order valence-corrected chi connectivity index (χ2v) is 4.92. The molecule has 4 N–H and O–H groups in total. The first kappa shape index (κ1) is 12.6. The summed E-state index contributed by atoms with van der Waals surface area (Å²) in [5.41, 5.74) is 6.07. The van der Waals surface area contributed by atoms with Crippen LogP contribution < -0.4 is 16.0 Å². The van der Waals surface area contributed by atoms with Gasteiger partial charge in [-0.3, -0.25) is 9.89 Å². The molecule has 106 valence electrons. The fourth-order valence-corrected chi connectivity index (χ4v) is 2.55. The largest absolute Gasteiger partial charge is 0.369 e. The Bertz CT molecular complexity index is 630. The number of primary amides is 1. The zero-order valence-electron chi connectivity index (χ0n) is 11.3. The minimum atomic E-state index is -0.211. The van der Waals surface area contributed by atoms with Gasteiger partial charge in [0.15, 0.2) is 5.65 Å².